The molecule has 1 aliphatic carbocycles. The van der Waals surface area contributed by atoms with Gasteiger partial charge in [-0.1, -0.05) is 25.1 Å². The lowest BCUT2D eigenvalue weighted by Crippen LogP contribution is -2.00. The van der Waals surface area contributed by atoms with E-state index >= 15 is 0 Å². The van der Waals surface area contributed by atoms with Gasteiger partial charge in [-0.25, -0.2) is 0 Å². The van der Waals surface area contributed by atoms with E-state index in [1.807, 2.05) is 12.1 Å². The van der Waals surface area contributed by atoms with Crippen LogP contribution in [0.15, 0.2) is 30.3 Å². The Bertz CT molecular complexity index is 335. The Morgan fingerprint density at radius 2 is 1.93 bits per heavy atom. The average molecular weight is 188 g/mol. The monoisotopic (exact) mass is 188 g/mol. The van der Waals surface area contributed by atoms with Crippen molar-refractivity contribution >= 4 is 5.57 Å². The van der Waals surface area contributed by atoms with Gasteiger partial charge in [0.2, 0.25) is 0 Å². The predicted molar refractivity (Wildman–Crippen MR) is 59.1 cm³/mol. The van der Waals surface area contributed by atoms with Crippen LogP contribution in [0, 0.1) is 5.92 Å². The zero-order chi connectivity index (χ0) is 9.97. The van der Waals surface area contributed by atoms with Crippen LogP contribution >= 0.6 is 0 Å². The van der Waals surface area contributed by atoms with E-state index in [0.29, 0.717) is 5.75 Å². The van der Waals surface area contributed by atoms with Gasteiger partial charge in [-0.05, 0) is 48.4 Å². The molecule has 1 nitrogen and oxygen atoms in total. The van der Waals surface area contributed by atoms with E-state index < -0.39 is 0 Å². The Balaban J connectivity index is 2.19. The summed E-state index contributed by atoms with van der Waals surface area (Å²) in [7, 11) is 0. The summed E-state index contributed by atoms with van der Waals surface area (Å²) in [6.07, 6.45) is 5.98. The molecule has 0 amide bonds. The largest absolute Gasteiger partial charge is 0.508 e. The van der Waals surface area contributed by atoms with Crippen LogP contribution < -0.4 is 0 Å². The molecule has 0 unspecified atom stereocenters. The zero-order valence-corrected chi connectivity index (χ0v) is 8.53. The van der Waals surface area contributed by atoms with Gasteiger partial charge < -0.3 is 5.11 Å². The quantitative estimate of drug-likeness (QED) is 0.714. The Labute approximate surface area is 85.1 Å². The summed E-state index contributed by atoms with van der Waals surface area (Å²) in [4.78, 5) is 0. The molecule has 0 saturated carbocycles. The summed E-state index contributed by atoms with van der Waals surface area (Å²) in [6, 6.07) is 7.51. The highest BCUT2D eigenvalue weighted by atomic mass is 16.3. The van der Waals surface area contributed by atoms with Crippen LogP contribution in [0.1, 0.15) is 31.7 Å². The van der Waals surface area contributed by atoms with Crippen molar-refractivity contribution in [2.24, 2.45) is 5.92 Å². The molecule has 0 aromatic heterocycles. The maximum Gasteiger partial charge on any atom is 0.115 e. The van der Waals surface area contributed by atoms with Gasteiger partial charge in [0, 0.05) is 0 Å². The molecule has 1 aliphatic rings. The van der Waals surface area contributed by atoms with Crippen molar-refractivity contribution in [2.45, 2.75) is 26.2 Å². The maximum absolute atomic E-state index is 9.18. The van der Waals surface area contributed by atoms with Gasteiger partial charge in [-0.2, -0.15) is 0 Å². The fourth-order valence-electron chi connectivity index (χ4n) is 1.90. The number of hydrogen-bond donors (Lipinski definition) is 1. The molecule has 1 aromatic carbocycles. The first kappa shape index (κ1) is 9.32. The minimum absolute atomic E-state index is 0.346. The maximum atomic E-state index is 9.18. The third kappa shape index (κ3) is 1.98. The van der Waals surface area contributed by atoms with Crippen molar-refractivity contribution < 1.29 is 5.11 Å². The van der Waals surface area contributed by atoms with E-state index in [2.05, 4.69) is 13.0 Å². The SMILES string of the molecule is C[C@@H]1CC=C(c2ccc(O)cc2)CC1. The Morgan fingerprint density at radius 3 is 2.50 bits per heavy atom. The molecule has 0 saturated heterocycles. The van der Waals surface area contributed by atoms with Gasteiger partial charge in [0.05, 0.1) is 0 Å². The molecule has 74 valence electrons. The van der Waals surface area contributed by atoms with Crippen LogP contribution in [0.25, 0.3) is 5.57 Å². The van der Waals surface area contributed by atoms with Gasteiger partial charge in [0.25, 0.3) is 0 Å². The third-order valence-electron chi connectivity index (χ3n) is 2.91. The average Bonchev–Trinajstić information content (AvgIpc) is 2.21. The molecule has 0 spiro atoms. The van der Waals surface area contributed by atoms with Gasteiger partial charge in [-0.3, -0.25) is 0 Å². The Kier molecular flexibility index (Phi) is 2.58. The number of aromatic hydroxyl groups is 1. The number of benzene rings is 1. The van der Waals surface area contributed by atoms with Gasteiger partial charge >= 0.3 is 0 Å². The number of phenols is 1. The van der Waals surface area contributed by atoms with E-state index in [1.54, 1.807) is 12.1 Å². The second-order valence-electron chi connectivity index (χ2n) is 4.16. The molecule has 1 heteroatoms. The lowest BCUT2D eigenvalue weighted by atomic mass is 9.88. The molecular weight excluding hydrogens is 172 g/mol. The van der Waals surface area contributed by atoms with Crippen molar-refractivity contribution in [1.82, 2.24) is 0 Å². The molecule has 0 radical (unpaired) electrons. The van der Waals surface area contributed by atoms with Crippen molar-refractivity contribution in [3.05, 3.63) is 35.9 Å². The highest BCUT2D eigenvalue weighted by Gasteiger charge is 2.10. The highest BCUT2D eigenvalue weighted by molar-refractivity contribution is 5.66. The fourth-order valence-corrected chi connectivity index (χ4v) is 1.90. The van der Waals surface area contributed by atoms with Crippen molar-refractivity contribution in [3.63, 3.8) is 0 Å². The standard InChI is InChI=1S/C13H16O/c1-10-2-4-11(5-3-10)12-6-8-13(14)9-7-12/h4,6-10,14H,2-3,5H2,1H3/t10-/m1/s1. The van der Waals surface area contributed by atoms with Crippen LogP contribution in [0.4, 0.5) is 0 Å². The molecule has 0 bridgehead atoms. The van der Waals surface area contributed by atoms with Crippen LogP contribution in [0.5, 0.6) is 5.75 Å². The first-order chi connectivity index (χ1) is 6.75. The lowest BCUT2D eigenvalue weighted by molar-refractivity contribution is 0.475. The number of phenolic OH excluding ortho intramolecular Hbond substituents is 1. The molecule has 1 aromatic rings. The summed E-state index contributed by atoms with van der Waals surface area (Å²) in [5.74, 6) is 1.18. The fraction of sp³-hybridized carbons (Fsp3) is 0.385. The second kappa shape index (κ2) is 3.87. The summed E-state index contributed by atoms with van der Waals surface area (Å²) in [6.45, 7) is 2.30. The molecular formula is C13H16O. The molecule has 14 heavy (non-hydrogen) atoms. The number of rotatable bonds is 1. The number of hydrogen-bond acceptors (Lipinski definition) is 1. The third-order valence-corrected chi connectivity index (χ3v) is 2.91. The summed E-state index contributed by atoms with van der Waals surface area (Å²) in [5.41, 5.74) is 2.69. The second-order valence-corrected chi connectivity index (χ2v) is 4.16. The topological polar surface area (TPSA) is 20.2 Å². The molecule has 0 heterocycles. The van der Waals surface area contributed by atoms with E-state index in [4.69, 9.17) is 0 Å². The van der Waals surface area contributed by atoms with Crippen molar-refractivity contribution in [3.8, 4) is 5.75 Å². The minimum atomic E-state index is 0.346. The summed E-state index contributed by atoms with van der Waals surface area (Å²) < 4.78 is 0. The molecule has 0 aliphatic heterocycles. The highest BCUT2D eigenvalue weighted by Crippen LogP contribution is 2.30. The molecule has 1 N–H and O–H groups in total. The zero-order valence-electron chi connectivity index (χ0n) is 8.53. The minimum Gasteiger partial charge on any atom is -0.508 e. The Morgan fingerprint density at radius 1 is 1.21 bits per heavy atom. The molecule has 0 fully saturated rings. The van der Waals surface area contributed by atoms with E-state index in [9.17, 15) is 5.11 Å². The van der Waals surface area contributed by atoms with E-state index in [1.165, 1.54) is 30.4 Å². The van der Waals surface area contributed by atoms with Crippen LogP contribution in [0.2, 0.25) is 0 Å². The summed E-state index contributed by atoms with van der Waals surface area (Å²) in [5, 5.41) is 9.18. The molecule has 1 atom stereocenters. The van der Waals surface area contributed by atoms with Gasteiger partial charge in [-0.15, -0.1) is 0 Å². The normalized spacial score (nSPS) is 21.8. The lowest BCUT2D eigenvalue weighted by Gasteiger charge is -2.18. The Hall–Kier alpha value is -1.24. The summed E-state index contributed by atoms with van der Waals surface area (Å²) >= 11 is 0. The number of allylic oxidation sites excluding steroid dienone is 2. The predicted octanol–water partition coefficient (Wildman–Crippen LogP) is 3.60. The van der Waals surface area contributed by atoms with Crippen LogP contribution in [0.3, 0.4) is 0 Å². The van der Waals surface area contributed by atoms with Crippen LogP contribution in [-0.4, -0.2) is 5.11 Å². The van der Waals surface area contributed by atoms with E-state index in [0.717, 1.165) is 5.92 Å². The van der Waals surface area contributed by atoms with Crippen molar-refractivity contribution in [1.29, 1.82) is 0 Å². The van der Waals surface area contributed by atoms with Gasteiger partial charge in [0.1, 0.15) is 5.75 Å². The molecule has 2 rings (SSSR count). The van der Waals surface area contributed by atoms with Gasteiger partial charge in [0.15, 0.2) is 0 Å². The first-order valence-corrected chi connectivity index (χ1v) is 5.24. The van der Waals surface area contributed by atoms with E-state index in [-0.39, 0.29) is 0 Å². The smallest absolute Gasteiger partial charge is 0.115 e. The van der Waals surface area contributed by atoms with Crippen molar-refractivity contribution in [2.75, 3.05) is 0 Å². The van der Waals surface area contributed by atoms with Crippen LogP contribution in [-0.2, 0) is 0 Å². The first-order valence-electron chi connectivity index (χ1n) is 5.24.